The lowest BCUT2D eigenvalue weighted by atomic mass is 10.1. The monoisotopic (exact) mass is 186 g/mol. The Balaban J connectivity index is 3.69. The normalized spacial score (nSPS) is 14.1. The fraction of sp³-hybridized carbons (Fsp3) is 1.00. The summed E-state index contributed by atoms with van der Waals surface area (Å²) in [5, 5.41) is 0. The summed E-state index contributed by atoms with van der Waals surface area (Å²) in [5.74, 6) is 1.51. The summed E-state index contributed by atoms with van der Waals surface area (Å²) in [6.45, 7) is 13.5. The Hall–Kier alpha value is -0.0800. The highest BCUT2D eigenvalue weighted by atomic mass is 15.1. The second-order valence-corrected chi connectivity index (χ2v) is 4.43. The number of hydrogen-bond acceptors (Lipinski definition) is 2. The van der Waals surface area contributed by atoms with Crippen molar-refractivity contribution in [3.63, 3.8) is 0 Å². The minimum absolute atomic E-state index is 0.740. The van der Waals surface area contributed by atoms with Gasteiger partial charge in [0, 0.05) is 13.1 Å². The minimum Gasteiger partial charge on any atom is -0.330 e. The molecule has 0 aromatic carbocycles. The van der Waals surface area contributed by atoms with Gasteiger partial charge in [0.25, 0.3) is 0 Å². The molecule has 80 valence electrons. The quantitative estimate of drug-likeness (QED) is 0.658. The molecule has 0 aliphatic rings. The first-order chi connectivity index (χ1) is 6.10. The molecule has 0 fully saturated rings. The molecule has 2 heteroatoms. The summed E-state index contributed by atoms with van der Waals surface area (Å²) in [6.07, 6.45) is 1.15. The summed E-state index contributed by atoms with van der Waals surface area (Å²) >= 11 is 0. The molecule has 13 heavy (non-hydrogen) atoms. The molecule has 0 bridgehead atoms. The molecule has 0 heterocycles. The molecule has 2 N–H and O–H groups in total. The molecule has 0 rings (SSSR count). The zero-order chi connectivity index (χ0) is 10.3. The molecule has 0 amide bonds. The van der Waals surface area contributed by atoms with E-state index < -0.39 is 0 Å². The number of nitrogens with zero attached hydrogens (tertiary/aromatic N) is 1. The summed E-state index contributed by atoms with van der Waals surface area (Å²) in [4.78, 5) is 2.52. The van der Waals surface area contributed by atoms with E-state index in [0.29, 0.717) is 0 Å². The average molecular weight is 186 g/mol. The zero-order valence-corrected chi connectivity index (χ0v) is 9.71. The van der Waals surface area contributed by atoms with Gasteiger partial charge in [-0.3, -0.25) is 0 Å². The predicted octanol–water partition coefficient (Wildman–Crippen LogP) is 1.95. The van der Waals surface area contributed by atoms with Crippen molar-refractivity contribution in [1.82, 2.24) is 4.90 Å². The van der Waals surface area contributed by atoms with Crippen LogP contribution in [0.25, 0.3) is 0 Å². The van der Waals surface area contributed by atoms with E-state index in [-0.39, 0.29) is 0 Å². The van der Waals surface area contributed by atoms with Gasteiger partial charge in [0.2, 0.25) is 0 Å². The first kappa shape index (κ1) is 12.9. The Morgan fingerprint density at radius 3 is 2.15 bits per heavy atom. The van der Waals surface area contributed by atoms with Crippen LogP contribution < -0.4 is 5.73 Å². The number of nitrogens with two attached hydrogens (primary N) is 1. The fourth-order valence-corrected chi connectivity index (χ4v) is 1.67. The van der Waals surface area contributed by atoms with E-state index in [0.717, 1.165) is 31.3 Å². The van der Waals surface area contributed by atoms with E-state index >= 15 is 0 Å². The van der Waals surface area contributed by atoms with Gasteiger partial charge in [0.1, 0.15) is 0 Å². The van der Waals surface area contributed by atoms with Crippen LogP contribution in [-0.2, 0) is 0 Å². The molecule has 0 aromatic heterocycles. The van der Waals surface area contributed by atoms with Gasteiger partial charge in [-0.15, -0.1) is 0 Å². The number of rotatable bonds is 7. The van der Waals surface area contributed by atoms with Crippen molar-refractivity contribution < 1.29 is 0 Å². The molecule has 2 nitrogen and oxygen atoms in total. The van der Waals surface area contributed by atoms with Gasteiger partial charge in [-0.05, 0) is 31.3 Å². The summed E-state index contributed by atoms with van der Waals surface area (Å²) in [6, 6.07) is 0. The summed E-state index contributed by atoms with van der Waals surface area (Å²) < 4.78 is 0. The van der Waals surface area contributed by atoms with Gasteiger partial charge < -0.3 is 10.6 Å². The fourth-order valence-electron chi connectivity index (χ4n) is 1.67. The maximum Gasteiger partial charge on any atom is 0.000749 e. The lowest BCUT2D eigenvalue weighted by molar-refractivity contribution is 0.220. The van der Waals surface area contributed by atoms with Gasteiger partial charge in [-0.2, -0.15) is 0 Å². The van der Waals surface area contributed by atoms with Crippen LogP contribution in [0.4, 0.5) is 0 Å². The largest absolute Gasteiger partial charge is 0.330 e. The third-order valence-electron chi connectivity index (χ3n) is 2.30. The van der Waals surface area contributed by atoms with Crippen LogP contribution in [0.15, 0.2) is 0 Å². The van der Waals surface area contributed by atoms with E-state index in [1.54, 1.807) is 0 Å². The second kappa shape index (κ2) is 7.34. The molecule has 0 aliphatic carbocycles. The van der Waals surface area contributed by atoms with Crippen molar-refractivity contribution in [2.24, 2.45) is 17.6 Å². The van der Waals surface area contributed by atoms with Crippen LogP contribution in [0, 0.1) is 11.8 Å². The van der Waals surface area contributed by atoms with Crippen molar-refractivity contribution in [3.05, 3.63) is 0 Å². The molecule has 0 saturated carbocycles. The van der Waals surface area contributed by atoms with Gasteiger partial charge in [0.15, 0.2) is 0 Å². The molecule has 0 aliphatic heterocycles. The molecule has 0 spiro atoms. The van der Waals surface area contributed by atoms with Crippen molar-refractivity contribution in [2.75, 3.05) is 26.2 Å². The Labute approximate surface area is 83.5 Å². The molecular formula is C11H26N2. The molecule has 0 radical (unpaired) electrons. The van der Waals surface area contributed by atoms with Crippen LogP contribution >= 0.6 is 0 Å². The standard InChI is InChI=1S/C11H26N2/c1-5-13(8-10(2)3)9-11(4)6-7-12/h10-11H,5-9,12H2,1-4H3. The summed E-state index contributed by atoms with van der Waals surface area (Å²) in [5.41, 5.74) is 5.53. The first-order valence-corrected chi connectivity index (χ1v) is 5.52. The lowest BCUT2D eigenvalue weighted by Gasteiger charge is -2.25. The van der Waals surface area contributed by atoms with Crippen molar-refractivity contribution in [1.29, 1.82) is 0 Å². The predicted molar refractivity (Wildman–Crippen MR) is 59.8 cm³/mol. The topological polar surface area (TPSA) is 29.3 Å². The van der Waals surface area contributed by atoms with E-state index in [9.17, 15) is 0 Å². The van der Waals surface area contributed by atoms with Crippen LogP contribution in [0.1, 0.15) is 34.1 Å². The van der Waals surface area contributed by atoms with Crippen molar-refractivity contribution in [3.8, 4) is 0 Å². The smallest absolute Gasteiger partial charge is 0.000749 e. The zero-order valence-electron chi connectivity index (χ0n) is 9.71. The van der Waals surface area contributed by atoms with E-state index in [4.69, 9.17) is 5.73 Å². The van der Waals surface area contributed by atoms with Crippen LogP contribution in [0.2, 0.25) is 0 Å². The second-order valence-electron chi connectivity index (χ2n) is 4.43. The van der Waals surface area contributed by atoms with E-state index in [2.05, 4.69) is 32.6 Å². The Morgan fingerprint density at radius 1 is 1.15 bits per heavy atom. The van der Waals surface area contributed by atoms with Crippen LogP contribution in [0.3, 0.4) is 0 Å². The maximum absolute atomic E-state index is 5.53. The van der Waals surface area contributed by atoms with Crippen molar-refractivity contribution in [2.45, 2.75) is 34.1 Å². The highest BCUT2D eigenvalue weighted by Gasteiger charge is 2.09. The van der Waals surface area contributed by atoms with Crippen LogP contribution in [-0.4, -0.2) is 31.1 Å². The van der Waals surface area contributed by atoms with Crippen molar-refractivity contribution >= 4 is 0 Å². The first-order valence-electron chi connectivity index (χ1n) is 5.52. The van der Waals surface area contributed by atoms with Crippen LogP contribution in [0.5, 0.6) is 0 Å². The highest BCUT2D eigenvalue weighted by molar-refractivity contribution is 4.63. The average Bonchev–Trinajstić information content (AvgIpc) is 2.02. The van der Waals surface area contributed by atoms with E-state index in [1.165, 1.54) is 13.1 Å². The molecule has 1 atom stereocenters. The Kier molecular flexibility index (Phi) is 7.29. The van der Waals surface area contributed by atoms with Gasteiger partial charge in [0.05, 0.1) is 0 Å². The van der Waals surface area contributed by atoms with Gasteiger partial charge >= 0.3 is 0 Å². The van der Waals surface area contributed by atoms with Gasteiger partial charge in [-0.1, -0.05) is 27.7 Å². The minimum atomic E-state index is 0.740. The molecule has 1 unspecified atom stereocenters. The lowest BCUT2D eigenvalue weighted by Crippen LogP contribution is -2.32. The molecule has 0 aromatic rings. The molecule has 0 saturated heterocycles. The third-order valence-corrected chi connectivity index (χ3v) is 2.30. The highest BCUT2D eigenvalue weighted by Crippen LogP contribution is 2.06. The van der Waals surface area contributed by atoms with E-state index in [1.807, 2.05) is 0 Å². The molecular weight excluding hydrogens is 160 g/mol. The van der Waals surface area contributed by atoms with Gasteiger partial charge in [-0.25, -0.2) is 0 Å². The SMILES string of the molecule is CCN(CC(C)C)CC(C)CCN. The Morgan fingerprint density at radius 2 is 1.77 bits per heavy atom. The Bertz CT molecular complexity index is 113. The third kappa shape index (κ3) is 7.03. The number of hydrogen-bond donors (Lipinski definition) is 1. The summed E-state index contributed by atoms with van der Waals surface area (Å²) in [7, 11) is 0. The maximum atomic E-state index is 5.53.